The second kappa shape index (κ2) is 7.24. The number of carbonyl (C=O) groups is 1. The highest BCUT2D eigenvalue weighted by Gasteiger charge is 2.08. The Balaban J connectivity index is 1.78. The normalized spacial score (nSPS) is 10.8. The van der Waals surface area contributed by atoms with Gasteiger partial charge in [0.2, 0.25) is 0 Å². The lowest BCUT2D eigenvalue weighted by molar-refractivity contribution is 0.103. The molecule has 0 aliphatic rings. The third-order valence-electron chi connectivity index (χ3n) is 3.97. The van der Waals surface area contributed by atoms with E-state index in [1.807, 2.05) is 54.6 Å². The van der Waals surface area contributed by atoms with Gasteiger partial charge in [0.1, 0.15) is 0 Å². The Hall–Kier alpha value is -2.71. The fraction of sp³-hybridized carbons (Fsp3) is 0.136. The number of nitrogens with zero attached hydrogens (tertiary/aromatic N) is 1. The summed E-state index contributed by atoms with van der Waals surface area (Å²) in [7, 11) is 4.13. The Kier molecular flexibility index (Phi) is 4.88. The lowest BCUT2D eigenvalue weighted by Gasteiger charge is -2.10. The molecule has 0 aromatic heterocycles. The molecule has 0 aliphatic carbocycles. The maximum atomic E-state index is 12.4. The molecule has 0 heterocycles. The standard InChI is InChI=1S/C22H21NO/c1-23(2)16-17-8-10-18(11-9-17)19-12-14-21(15-13-19)22(24)20-6-4-3-5-7-20/h3-15H,16H2,1-2H3. The van der Waals surface area contributed by atoms with Crippen LogP contribution < -0.4 is 0 Å². The van der Waals surface area contributed by atoms with Gasteiger partial charge >= 0.3 is 0 Å². The number of benzene rings is 3. The van der Waals surface area contributed by atoms with Gasteiger partial charge in [-0.2, -0.15) is 0 Å². The van der Waals surface area contributed by atoms with Crippen LogP contribution in [0.15, 0.2) is 78.9 Å². The number of carbonyl (C=O) groups excluding carboxylic acids is 1. The van der Waals surface area contributed by atoms with Crippen LogP contribution >= 0.6 is 0 Å². The quantitative estimate of drug-likeness (QED) is 0.639. The zero-order valence-electron chi connectivity index (χ0n) is 14.1. The van der Waals surface area contributed by atoms with Gasteiger partial charge in [-0.25, -0.2) is 0 Å². The number of hydrogen-bond donors (Lipinski definition) is 0. The summed E-state index contributed by atoms with van der Waals surface area (Å²) >= 11 is 0. The topological polar surface area (TPSA) is 20.3 Å². The van der Waals surface area contributed by atoms with Crippen molar-refractivity contribution in [3.8, 4) is 11.1 Å². The van der Waals surface area contributed by atoms with Crippen LogP contribution in [0.2, 0.25) is 0 Å². The van der Waals surface area contributed by atoms with Crippen LogP contribution in [0.3, 0.4) is 0 Å². The largest absolute Gasteiger partial charge is 0.305 e. The van der Waals surface area contributed by atoms with Crippen molar-refractivity contribution in [3.63, 3.8) is 0 Å². The number of hydrogen-bond acceptors (Lipinski definition) is 2. The predicted octanol–water partition coefficient (Wildman–Crippen LogP) is 4.65. The Labute approximate surface area is 143 Å². The molecule has 3 aromatic carbocycles. The summed E-state index contributed by atoms with van der Waals surface area (Å²) < 4.78 is 0. The summed E-state index contributed by atoms with van der Waals surface area (Å²) in [5.74, 6) is 0.0588. The van der Waals surface area contributed by atoms with Crippen molar-refractivity contribution in [2.24, 2.45) is 0 Å². The predicted molar refractivity (Wildman–Crippen MR) is 99.1 cm³/mol. The minimum absolute atomic E-state index is 0.0588. The molecule has 120 valence electrons. The highest BCUT2D eigenvalue weighted by molar-refractivity contribution is 6.09. The van der Waals surface area contributed by atoms with Gasteiger partial charge < -0.3 is 4.90 Å². The van der Waals surface area contributed by atoms with Gasteiger partial charge in [-0.1, -0.05) is 78.9 Å². The zero-order valence-corrected chi connectivity index (χ0v) is 14.1. The van der Waals surface area contributed by atoms with Crippen molar-refractivity contribution in [2.75, 3.05) is 14.1 Å². The number of ketones is 1. The maximum absolute atomic E-state index is 12.4. The summed E-state index contributed by atoms with van der Waals surface area (Å²) in [6, 6.07) is 25.8. The van der Waals surface area contributed by atoms with Gasteiger partial charge in [-0.15, -0.1) is 0 Å². The van der Waals surface area contributed by atoms with Crippen LogP contribution in [0.1, 0.15) is 21.5 Å². The summed E-state index contributed by atoms with van der Waals surface area (Å²) in [6.45, 7) is 0.935. The Bertz CT molecular complexity index is 803. The minimum atomic E-state index is 0.0588. The molecule has 0 atom stereocenters. The van der Waals surface area contributed by atoms with E-state index in [9.17, 15) is 4.79 Å². The molecule has 0 N–H and O–H groups in total. The molecule has 2 heteroatoms. The van der Waals surface area contributed by atoms with Gasteiger partial charge in [0, 0.05) is 17.7 Å². The SMILES string of the molecule is CN(C)Cc1ccc(-c2ccc(C(=O)c3ccccc3)cc2)cc1. The molecule has 3 rings (SSSR count). The van der Waals surface area contributed by atoms with Gasteiger partial charge in [0.05, 0.1) is 0 Å². The fourth-order valence-electron chi connectivity index (χ4n) is 2.74. The van der Waals surface area contributed by atoms with E-state index < -0.39 is 0 Å². The molecule has 24 heavy (non-hydrogen) atoms. The lowest BCUT2D eigenvalue weighted by Crippen LogP contribution is -2.10. The van der Waals surface area contributed by atoms with E-state index in [-0.39, 0.29) is 5.78 Å². The molecule has 0 bridgehead atoms. The molecular weight excluding hydrogens is 294 g/mol. The second-order valence-corrected chi connectivity index (χ2v) is 6.21. The van der Waals surface area contributed by atoms with Crippen molar-refractivity contribution >= 4 is 5.78 Å². The third kappa shape index (κ3) is 3.79. The molecule has 0 saturated heterocycles. The van der Waals surface area contributed by atoms with E-state index in [0.717, 1.165) is 23.2 Å². The monoisotopic (exact) mass is 315 g/mol. The summed E-state index contributed by atoms with van der Waals surface area (Å²) in [4.78, 5) is 14.6. The zero-order chi connectivity index (χ0) is 16.9. The molecular formula is C22H21NO. The molecule has 0 saturated carbocycles. The highest BCUT2D eigenvalue weighted by Crippen LogP contribution is 2.21. The van der Waals surface area contributed by atoms with Crippen LogP contribution in [0, 0.1) is 0 Å². The molecule has 2 nitrogen and oxygen atoms in total. The Morgan fingerprint density at radius 3 is 1.75 bits per heavy atom. The van der Waals surface area contributed by atoms with Crippen molar-refractivity contribution in [3.05, 3.63) is 95.6 Å². The molecule has 0 amide bonds. The molecule has 3 aromatic rings. The van der Waals surface area contributed by atoms with Crippen molar-refractivity contribution in [1.82, 2.24) is 4.90 Å². The summed E-state index contributed by atoms with van der Waals surface area (Å²) in [5, 5.41) is 0. The summed E-state index contributed by atoms with van der Waals surface area (Å²) in [5.41, 5.74) is 5.01. The average molecular weight is 315 g/mol. The van der Waals surface area contributed by atoms with Crippen LogP contribution in [-0.2, 0) is 6.54 Å². The van der Waals surface area contributed by atoms with Gasteiger partial charge in [-0.3, -0.25) is 4.79 Å². The van der Waals surface area contributed by atoms with Gasteiger partial charge in [0.15, 0.2) is 5.78 Å². The van der Waals surface area contributed by atoms with Crippen molar-refractivity contribution in [2.45, 2.75) is 6.54 Å². The first-order chi connectivity index (χ1) is 11.6. The van der Waals surface area contributed by atoms with Gasteiger partial charge in [0.25, 0.3) is 0 Å². The van der Waals surface area contributed by atoms with Crippen LogP contribution in [0.25, 0.3) is 11.1 Å². The molecule has 0 aliphatic heterocycles. The second-order valence-electron chi connectivity index (χ2n) is 6.21. The van der Waals surface area contributed by atoms with Crippen LogP contribution in [0.5, 0.6) is 0 Å². The smallest absolute Gasteiger partial charge is 0.193 e. The third-order valence-corrected chi connectivity index (χ3v) is 3.97. The molecule has 0 radical (unpaired) electrons. The van der Waals surface area contributed by atoms with Crippen LogP contribution in [-0.4, -0.2) is 24.8 Å². The highest BCUT2D eigenvalue weighted by atomic mass is 16.1. The van der Waals surface area contributed by atoms with E-state index in [4.69, 9.17) is 0 Å². The van der Waals surface area contributed by atoms with Crippen LogP contribution in [0.4, 0.5) is 0 Å². The van der Waals surface area contributed by atoms with E-state index in [1.54, 1.807) is 0 Å². The van der Waals surface area contributed by atoms with E-state index in [0.29, 0.717) is 5.56 Å². The van der Waals surface area contributed by atoms with Crippen molar-refractivity contribution < 1.29 is 4.79 Å². The minimum Gasteiger partial charge on any atom is -0.305 e. The lowest BCUT2D eigenvalue weighted by atomic mass is 9.99. The fourth-order valence-corrected chi connectivity index (χ4v) is 2.74. The molecule has 0 spiro atoms. The number of rotatable bonds is 5. The van der Waals surface area contributed by atoms with E-state index in [1.165, 1.54) is 5.56 Å². The Morgan fingerprint density at radius 2 is 1.21 bits per heavy atom. The first-order valence-electron chi connectivity index (χ1n) is 8.07. The van der Waals surface area contributed by atoms with E-state index in [2.05, 4.69) is 43.3 Å². The first-order valence-corrected chi connectivity index (χ1v) is 8.07. The Morgan fingerprint density at radius 1 is 0.708 bits per heavy atom. The van der Waals surface area contributed by atoms with E-state index >= 15 is 0 Å². The maximum Gasteiger partial charge on any atom is 0.193 e. The molecule has 0 fully saturated rings. The molecule has 0 unspecified atom stereocenters. The van der Waals surface area contributed by atoms with Gasteiger partial charge in [-0.05, 0) is 30.8 Å². The summed E-state index contributed by atoms with van der Waals surface area (Å²) in [6.07, 6.45) is 0. The van der Waals surface area contributed by atoms with Crippen molar-refractivity contribution in [1.29, 1.82) is 0 Å². The first kappa shape index (κ1) is 16.2. The average Bonchev–Trinajstić information content (AvgIpc) is 2.62.